The molecule has 0 radical (unpaired) electrons. The lowest BCUT2D eigenvalue weighted by Gasteiger charge is -2.02. The summed E-state index contributed by atoms with van der Waals surface area (Å²) in [4.78, 5) is 4.31. The van der Waals surface area contributed by atoms with Crippen molar-refractivity contribution in [3.63, 3.8) is 0 Å². The first-order valence-corrected chi connectivity index (χ1v) is 6.93. The van der Waals surface area contributed by atoms with Crippen molar-refractivity contribution in [2.75, 3.05) is 6.54 Å². The quantitative estimate of drug-likeness (QED) is 0.678. The average molecular weight is 292 g/mol. The first-order chi connectivity index (χ1) is 9.56. The van der Waals surface area contributed by atoms with Gasteiger partial charge in [-0.3, -0.25) is 9.67 Å². The van der Waals surface area contributed by atoms with Crippen molar-refractivity contribution in [1.29, 1.82) is 0 Å². The molecule has 106 valence electrons. The summed E-state index contributed by atoms with van der Waals surface area (Å²) in [5.41, 5.74) is 2.84. The van der Waals surface area contributed by atoms with Gasteiger partial charge in [-0.15, -0.1) is 0 Å². The van der Waals surface area contributed by atoms with E-state index < -0.39 is 0 Å². The fourth-order valence-electron chi connectivity index (χ4n) is 2.00. The number of aryl methyl sites for hydroxylation is 3. The summed E-state index contributed by atoms with van der Waals surface area (Å²) in [5.74, 6) is 0.191. The van der Waals surface area contributed by atoms with E-state index in [0.717, 1.165) is 18.7 Å². The van der Waals surface area contributed by atoms with Crippen molar-refractivity contribution in [3.05, 3.63) is 46.2 Å². The molecule has 4 nitrogen and oxygen atoms in total. The Bertz CT molecular complexity index is 620. The zero-order chi connectivity index (χ0) is 14.5. The van der Waals surface area contributed by atoms with E-state index in [1.54, 1.807) is 24.4 Å². The lowest BCUT2D eigenvalue weighted by Crippen LogP contribution is -2.03. The first-order valence-electron chi connectivity index (χ1n) is 6.55. The Balaban J connectivity index is 1.85. The second kappa shape index (κ2) is 6.57. The predicted octanol–water partition coefficient (Wildman–Crippen LogP) is 3.37. The zero-order valence-electron chi connectivity index (χ0n) is 11.7. The van der Waals surface area contributed by atoms with E-state index in [2.05, 4.69) is 16.2 Å². The van der Waals surface area contributed by atoms with Gasteiger partial charge in [-0.1, -0.05) is 11.6 Å². The monoisotopic (exact) mass is 291 g/mol. The summed E-state index contributed by atoms with van der Waals surface area (Å²) in [7, 11) is 0. The van der Waals surface area contributed by atoms with Crippen LogP contribution in [0.15, 0.2) is 29.3 Å². The van der Waals surface area contributed by atoms with E-state index in [-0.39, 0.29) is 5.75 Å². The number of aromatic hydroxyl groups is 1. The molecule has 0 unspecified atom stereocenters. The maximum atomic E-state index is 9.64. The van der Waals surface area contributed by atoms with Gasteiger partial charge >= 0.3 is 0 Å². The Morgan fingerprint density at radius 3 is 2.85 bits per heavy atom. The minimum Gasteiger partial charge on any atom is -0.507 e. The topological polar surface area (TPSA) is 50.4 Å². The molecule has 2 rings (SSSR count). The van der Waals surface area contributed by atoms with Gasteiger partial charge < -0.3 is 5.11 Å². The Labute approximate surface area is 123 Å². The lowest BCUT2D eigenvalue weighted by atomic mass is 10.2. The average Bonchev–Trinajstić information content (AvgIpc) is 2.71. The van der Waals surface area contributed by atoms with E-state index >= 15 is 0 Å². The molecular formula is C15H18ClN3O. The molecule has 0 amide bonds. The smallest absolute Gasteiger partial charge is 0.124 e. The van der Waals surface area contributed by atoms with Crippen LogP contribution in [0.3, 0.4) is 0 Å². The van der Waals surface area contributed by atoms with Gasteiger partial charge in [-0.2, -0.15) is 5.10 Å². The third-order valence-corrected chi connectivity index (χ3v) is 3.22. The Kier molecular flexibility index (Phi) is 4.79. The van der Waals surface area contributed by atoms with Crippen LogP contribution in [0.5, 0.6) is 5.75 Å². The molecule has 5 heteroatoms. The Morgan fingerprint density at radius 1 is 1.35 bits per heavy atom. The SMILES string of the molecule is Cc1cc(C)n(CCCN=Cc2cc(Cl)ccc2O)n1. The largest absolute Gasteiger partial charge is 0.507 e. The van der Waals surface area contributed by atoms with E-state index in [0.29, 0.717) is 17.1 Å². The molecule has 0 atom stereocenters. The summed E-state index contributed by atoms with van der Waals surface area (Å²) in [6.07, 6.45) is 2.56. The Hall–Kier alpha value is -1.81. The standard InChI is InChI=1S/C15H18ClN3O/c1-11-8-12(2)19(18-11)7-3-6-17-10-13-9-14(16)4-5-15(13)20/h4-5,8-10,20H,3,6-7H2,1-2H3. The van der Waals surface area contributed by atoms with Gasteiger partial charge in [-0.25, -0.2) is 0 Å². The van der Waals surface area contributed by atoms with E-state index in [1.165, 1.54) is 5.69 Å². The van der Waals surface area contributed by atoms with Gasteiger partial charge in [0.15, 0.2) is 0 Å². The van der Waals surface area contributed by atoms with Crippen LogP contribution in [0, 0.1) is 13.8 Å². The van der Waals surface area contributed by atoms with Crippen molar-refractivity contribution >= 4 is 17.8 Å². The number of aromatic nitrogens is 2. The summed E-state index contributed by atoms with van der Waals surface area (Å²) in [6.45, 7) is 5.57. The molecule has 1 N–H and O–H groups in total. The molecule has 1 heterocycles. The molecule has 0 aliphatic heterocycles. The van der Waals surface area contributed by atoms with Crippen molar-refractivity contribution in [1.82, 2.24) is 9.78 Å². The third-order valence-electron chi connectivity index (χ3n) is 2.98. The third kappa shape index (κ3) is 3.84. The van der Waals surface area contributed by atoms with Gasteiger partial charge in [0.1, 0.15) is 5.75 Å². The second-order valence-corrected chi connectivity index (χ2v) is 5.18. The lowest BCUT2D eigenvalue weighted by molar-refractivity contribution is 0.474. The molecule has 2 aromatic rings. The molecule has 0 fully saturated rings. The fraction of sp³-hybridized carbons (Fsp3) is 0.333. The van der Waals surface area contributed by atoms with E-state index in [9.17, 15) is 5.11 Å². The van der Waals surface area contributed by atoms with Gasteiger partial charge in [0.05, 0.1) is 5.69 Å². The van der Waals surface area contributed by atoms with Crippen LogP contribution in [0.4, 0.5) is 0 Å². The minimum atomic E-state index is 0.191. The highest BCUT2D eigenvalue weighted by Crippen LogP contribution is 2.19. The number of benzene rings is 1. The Morgan fingerprint density at radius 2 is 2.15 bits per heavy atom. The van der Waals surface area contributed by atoms with Gasteiger partial charge in [0, 0.05) is 35.6 Å². The molecule has 0 saturated heterocycles. The van der Waals surface area contributed by atoms with E-state index in [1.807, 2.05) is 18.5 Å². The zero-order valence-corrected chi connectivity index (χ0v) is 12.4. The van der Waals surface area contributed by atoms with Crippen LogP contribution in [-0.4, -0.2) is 27.6 Å². The number of phenolic OH excluding ortho intramolecular Hbond substituents is 1. The van der Waals surface area contributed by atoms with Crippen molar-refractivity contribution in [2.24, 2.45) is 4.99 Å². The van der Waals surface area contributed by atoms with E-state index in [4.69, 9.17) is 11.6 Å². The molecule has 0 saturated carbocycles. The number of nitrogens with zero attached hydrogens (tertiary/aromatic N) is 3. The highest BCUT2D eigenvalue weighted by molar-refractivity contribution is 6.30. The van der Waals surface area contributed by atoms with Crippen LogP contribution in [0.2, 0.25) is 5.02 Å². The molecule has 0 aliphatic carbocycles. The second-order valence-electron chi connectivity index (χ2n) is 4.74. The highest BCUT2D eigenvalue weighted by atomic mass is 35.5. The van der Waals surface area contributed by atoms with Gasteiger partial charge in [-0.05, 0) is 44.5 Å². The van der Waals surface area contributed by atoms with Crippen LogP contribution in [-0.2, 0) is 6.54 Å². The van der Waals surface area contributed by atoms with Crippen LogP contribution in [0.25, 0.3) is 0 Å². The van der Waals surface area contributed by atoms with Crippen molar-refractivity contribution < 1.29 is 5.11 Å². The molecule has 0 spiro atoms. The fourth-order valence-corrected chi connectivity index (χ4v) is 2.19. The molecule has 1 aromatic heterocycles. The minimum absolute atomic E-state index is 0.191. The number of hydrogen-bond acceptors (Lipinski definition) is 3. The van der Waals surface area contributed by atoms with Gasteiger partial charge in [0.2, 0.25) is 0 Å². The first kappa shape index (κ1) is 14.6. The number of rotatable bonds is 5. The maximum absolute atomic E-state index is 9.64. The summed E-state index contributed by atoms with van der Waals surface area (Å²) in [5, 5.41) is 14.6. The summed E-state index contributed by atoms with van der Waals surface area (Å²) in [6, 6.07) is 6.98. The summed E-state index contributed by atoms with van der Waals surface area (Å²) >= 11 is 5.87. The number of hydrogen-bond donors (Lipinski definition) is 1. The number of halogens is 1. The van der Waals surface area contributed by atoms with Crippen molar-refractivity contribution in [2.45, 2.75) is 26.8 Å². The maximum Gasteiger partial charge on any atom is 0.124 e. The predicted molar refractivity (Wildman–Crippen MR) is 81.9 cm³/mol. The molecule has 0 bridgehead atoms. The van der Waals surface area contributed by atoms with Crippen LogP contribution < -0.4 is 0 Å². The van der Waals surface area contributed by atoms with Crippen LogP contribution >= 0.6 is 11.6 Å². The molecule has 0 aliphatic rings. The highest BCUT2D eigenvalue weighted by Gasteiger charge is 2.00. The number of phenols is 1. The van der Waals surface area contributed by atoms with Crippen LogP contribution in [0.1, 0.15) is 23.4 Å². The molecule has 1 aromatic carbocycles. The number of aliphatic imine (C=N–C) groups is 1. The van der Waals surface area contributed by atoms with Gasteiger partial charge in [0.25, 0.3) is 0 Å². The normalized spacial score (nSPS) is 11.3. The van der Waals surface area contributed by atoms with Crippen molar-refractivity contribution in [3.8, 4) is 5.75 Å². The summed E-state index contributed by atoms with van der Waals surface area (Å²) < 4.78 is 1.99. The molecular weight excluding hydrogens is 274 g/mol. The molecule has 20 heavy (non-hydrogen) atoms.